The molecule has 0 radical (unpaired) electrons. The molecule has 0 N–H and O–H groups in total. The van der Waals surface area contributed by atoms with Crippen molar-refractivity contribution < 1.29 is 13.2 Å². The van der Waals surface area contributed by atoms with Crippen LogP contribution in [0.2, 0.25) is 10.0 Å². The van der Waals surface area contributed by atoms with Gasteiger partial charge in [0.05, 0.1) is 15.6 Å². The number of halogens is 5. The first-order valence-electron chi connectivity index (χ1n) is 5.43. The fourth-order valence-corrected chi connectivity index (χ4v) is 2.35. The van der Waals surface area contributed by atoms with Crippen LogP contribution in [-0.4, -0.2) is 0 Å². The van der Waals surface area contributed by atoms with Crippen molar-refractivity contribution in [2.24, 2.45) is 0 Å². The molecule has 0 spiro atoms. The zero-order valence-corrected chi connectivity index (χ0v) is 11.4. The molecule has 0 heterocycles. The molecule has 0 atom stereocenters. The highest BCUT2D eigenvalue weighted by molar-refractivity contribution is 6.43. The average molecular weight is 305 g/mol. The first-order valence-corrected chi connectivity index (χ1v) is 6.19. The molecule has 0 bridgehead atoms. The summed E-state index contributed by atoms with van der Waals surface area (Å²) in [7, 11) is 0. The molecule has 0 fully saturated rings. The molecule has 2 aromatic rings. The van der Waals surface area contributed by atoms with Gasteiger partial charge in [0, 0.05) is 5.56 Å². The largest absolute Gasteiger partial charge is 0.417 e. The molecule has 5 heteroatoms. The lowest BCUT2D eigenvalue weighted by atomic mass is 9.94. The van der Waals surface area contributed by atoms with Gasteiger partial charge in [-0.15, -0.1) is 0 Å². The summed E-state index contributed by atoms with van der Waals surface area (Å²) in [6.45, 7) is 1.61. The van der Waals surface area contributed by atoms with Crippen molar-refractivity contribution >= 4 is 23.2 Å². The van der Waals surface area contributed by atoms with Crippen molar-refractivity contribution in [3.63, 3.8) is 0 Å². The van der Waals surface area contributed by atoms with Crippen LogP contribution >= 0.6 is 23.2 Å². The van der Waals surface area contributed by atoms with Crippen LogP contribution in [0.5, 0.6) is 0 Å². The van der Waals surface area contributed by atoms with E-state index in [1.54, 1.807) is 25.1 Å². The Balaban J connectivity index is 2.79. The van der Waals surface area contributed by atoms with Gasteiger partial charge in [0.2, 0.25) is 0 Å². The summed E-state index contributed by atoms with van der Waals surface area (Å²) in [5.41, 5.74) is 0.151. The monoisotopic (exact) mass is 304 g/mol. The van der Waals surface area contributed by atoms with E-state index in [1.807, 2.05) is 0 Å². The molecule has 0 aliphatic heterocycles. The van der Waals surface area contributed by atoms with Gasteiger partial charge in [-0.05, 0) is 30.2 Å². The molecule has 0 unspecified atom stereocenters. The van der Waals surface area contributed by atoms with E-state index < -0.39 is 11.7 Å². The normalized spacial score (nSPS) is 11.7. The highest BCUT2D eigenvalue weighted by Crippen LogP contribution is 2.42. The zero-order valence-electron chi connectivity index (χ0n) is 9.85. The van der Waals surface area contributed by atoms with E-state index in [-0.39, 0.29) is 15.6 Å². The van der Waals surface area contributed by atoms with Crippen LogP contribution in [0.25, 0.3) is 11.1 Å². The Morgan fingerprint density at radius 2 is 1.58 bits per heavy atom. The highest BCUT2D eigenvalue weighted by atomic mass is 35.5. The summed E-state index contributed by atoms with van der Waals surface area (Å²) in [5.74, 6) is 0. The van der Waals surface area contributed by atoms with Crippen LogP contribution in [-0.2, 0) is 6.18 Å². The highest BCUT2D eigenvalue weighted by Gasteiger charge is 2.34. The predicted molar refractivity (Wildman–Crippen MR) is 71.6 cm³/mol. The Kier molecular flexibility index (Phi) is 3.79. The minimum atomic E-state index is -4.44. The van der Waals surface area contributed by atoms with Crippen molar-refractivity contribution in [2.75, 3.05) is 0 Å². The maximum atomic E-state index is 13.1. The van der Waals surface area contributed by atoms with Crippen LogP contribution in [0, 0.1) is 6.92 Å². The van der Waals surface area contributed by atoms with Gasteiger partial charge < -0.3 is 0 Å². The number of alkyl halides is 3. The summed E-state index contributed by atoms with van der Waals surface area (Å²) in [4.78, 5) is 0. The van der Waals surface area contributed by atoms with Crippen LogP contribution in [0.15, 0.2) is 36.4 Å². The van der Waals surface area contributed by atoms with E-state index >= 15 is 0 Å². The first kappa shape index (κ1) is 14.2. The quantitative estimate of drug-likeness (QED) is 0.607. The van der Waals surface area contributed by atoms with E-state index in [4.69, 9.17) is 23.2 Å². The molecule has 0 saturated heterocycles. The van der Waals surface area contributed by atoms with Gasteiger partial charge in [-0.1, -0.05) is 47.5 Å². The molecule has 0 saturated carbocycles. The first-order chi connectivity index (χ1) is 8.82. The third kappa shape index (κ3) is 2.72. The summed E-state index contributed by atoms with van der Waals surface area (Å²) in [6, 6.07) is 8.68. The smallest absolute Gasteiger partial charge is 0.166 e. The zero-order chi connectivity index (χ0) is 14.2. The molecule has 0 aromatic heterocycles. The predicted octanol–water partition coefficient (Wildman–Crippen LogP) is 5.99. The van der Waals surface area contributed by atoms with Crippen LogP contribution in [0.3, 0.4) is 0 Å². The van der Waals surface area contributed by atoms with Gasteiger partial charge in [0.1, 0.15) is 0 Å². The van der Waals surface area contributed by atoms with Gasteiger partial charge in [-0.3, -0.25) is 0 Å². The molecular formula is C14H9Cl2F3. The van der Waals surface area contributed by atoms with Crippen LogP contribution in [0.1, 0.15) is 11.1 Å². The minimum Gasteiger partial charge on any atom is -0.166 e. The SMILES string of the molecule is Cc1cccc(C(F)(F)F)c1-c1cccc(Cl)c1Cl. The van der Waals surface area contributed by atoms with Crippen molar-refractivity contribution in [1.82, 2.24) is 0 Å². The van der Waals surface area contributed by atoms with Crippen molar-refractivity contribution in [2.45, 2.75) is 13.1 Å². The Labute approximate surface area is 118 Å². The Hall–Kier alpha value is -1.19. The van der Waals surface area contributed by atoms with Gasteiger partial charge >= 0.3 is 6.18 Å². The fraction of sp³-hybridized carbons (Fsp3) is 0.143. The number of hydrogen-bond acceptors (Lipinski definition) is 0. The Bertz CT molecular complexity index is 619. The van der Waals surface area contributed by atoms with E-state index in [2.05, 4.69) is 0 Å². The fourth-order valence-electron chi connectivity index (χ4n) is 1.96. The second kappa shape index (κ2) is 5.06. The molecule has 2 rings (SSSR count). The van der Waals surface area contributed by atoms with E-state index in [9.17, 15) is 13.2 Å². The number of hydrogen-bond donors (Lipinski definition) is 0. The maximum Gasteiger partial charge on any atom is 0.417 e. The van der Waals surface area contributed by atoms with Gasteiger partial charge in [-0.2, -0.15) is 13.2 Å². The average Bonchev–Trinajstić information content (AvgIpc) is 2.32. The summed E-state index contributed by atoms with van der Waals surface area (Å²) in [6.07, 6.45) is -4.44. The third-order valence-electron chi connectivity index (χ3n) is 2.80. The van der Waals surface area contributed by atoms with Crippen molar-refractivity contribution in [3.8, 4) is 11.1 Å². The second-order valence-corrected chi connectivity index (χ2v) is 4.88. The van der Waals surface area contributed by atoms with Gasteiger partial charge in [0.25, 0.3) is 0 Å². The molecular weight excluding hydrogens is 296 g/mol. The number of benzene rings is 2. The Morgan fingerprint density at radius 3 is 2.21 bits per heavy atom. The second-order valence-electron chi connectivity index (χ2n) is 4.10. The topological polar surface area (TPSA) is 0 Å². The minimum absolute atomic E-state index is 0.0718. The molecule has 2 aromatic carbocycles. The lowest BCUT2D eigenvalue weighted by Crippen LogP contribution is -2.08. The van der Waals surface area contributed by atoms with E-state index in [0.717, 1.165) is 6.07 Å². The van der Waals surface area contributed by atoms with Crippen LogP contribution in [0.4, 0.5) is 13.2 Å². The van der Waals surface area contributed by atoms with Gasteiger partial charge in [0.15, 0.2) is 0 Å². The molecule has 0 aliphatic carbocycles. The summed E-state index contributed by atoms with van der Waals surface area (Å²) >= 11 is 11.9. The number of rotatable bonds is 1. The van der Waals surface area contributed by atoms with Gasteiger partial charge in [-0.25, -0.2) is 0 Å². The molecule has 0 nitrogen and oxygen atoms in total. The molecule has 0 amide bonds. The number of aryl methyl sites for hydroxylation is 1. The summed E-state index contributed by atoms with van der Waals surface area (Å²) in [5, 5.41) is 0.361. The molecule has 100 valence electrons. The van der Waals surface area contributed by atoms with Crippen molar-refractivity contribution in [1.29, 1.82) is 0 Å². The lowest BCUT2D eigenvalue weighted by molar-refractivity contribution is -0.137. The van der Waals surface area contributed by atoms with Crippen LogP contribution < -0.4 is 0 Å². The molecule has 19 heavy (non-hydrogen) atoms. The molecule has 0 aliphatic rings. The maximum absolute atomic E-state index is 13.1. The van der Waals surface area contributed by atoms with Crippen molar-refractivity contribution in [3.05, 3.63) is 57.6 Å². The summed E-state index contributed by atoms with van der Waals surface area (Å²) < 4.78 is 39.2. The standard InChI is InChI=1S/C14H9Cl2F3/c1-8-4-2-6-10(14(17,18)19)12(8)9-5-3-7-11(15)13(9)16/h2-7H,1H3. The Morgan fingerprint density at radius 1 is 0.947 bits per heavy atom. The third-order valence-corrected chi connectivity index (χ3v) is 3.62. The lowest BCUT2D eigenvalue weighted by Gasteiger charge is -2.16. The van der Waals surface area contributed by atoms with E-state index in [1.165, 1.54) is 12.1 Å². The van der Waals surface area contributed by atoms with E-state index in [0.29, 0.717) is 11.1 Å².